The van der Waals surface area contributed by atoms with E-state index in [0.29, 0.717) is 18.7 Å². The van der Waals surface area contributed by atoms with Crippen molar-refractivity contribution in [1.82, 2.24) is 10.2 Å². The number of carbonyl (C=O) groups excluding carboxylic acids is 1. The molecule has 0 aromatic heterocycles. The summed E-state index contributed by atoms with van der Waals surface area (Å²) in [4.78, 5) is 14.0. The van der Waals surface area contributed by atoms with Crippen molar-refractivity contribution in [2.24, 2.45) is 0 Å². The summed E-state index contributed by atoms with van der Waals surface area (Å²) in [5.41, 5.74) is -0.449. The zero-order chi connectivity index (χ0) is 15.2. The van der Waals surface area contributed by atoms with Crippen LogP contribution in [0.25, 0.3) is 0 Å². The standard InChI is InChI=1S/C15H17F3N2O/c1-2-4-11-13-9-5-3-6-10(15(16,17)18)12(9)14(21)20(13)8-7-19-11/h3,5-6,11,13,19H,2,4,7-8H2,1H3/t11-,13+/m0/s1. The van der Waals surface area contributed by atoms with Gasteiger partial charge >= 0.3 is 6.18 Å². The Morgan fingerprint density at radius 3 is 2.81 bits per heavy atom. The van der Waals surface area contributed by atoms with E-state index in [1.807, 2.05) is 6.92 Å². The highest BCUT2D eigenvalue weighted by Crippen LogP contribution is 2.43. The van der Waals surface area contributed by atoms with Gasteiger partial charge in [0.1, 0.15) is 0 Å². The van der Waals surface area contributed by atoms with E-state index < -0.39 is 17.6 Å². The van der Waals surface area contributed by atoms with Gasteiger partial charge in [-0.3, -0.25) is 4.79 Å². The molecule has 6 heteroatoms. The second kappa shape index (κ2) is 5.02. The third-order valence-corrected chi connectivity index (χ3v) is 4.27. The SMILES string of the molecule is CCC[C@@H]1NCCN2C(=O)c3c(cccc3C(F)(F)F)[C@H]12. The summed E-state index contributed by atoms with van der Waals surface area (Å²) >= 11 is 0. The van der Waals surface area contributed by atoms with Gasteiger partial charge in [-0.05, 0) is 18.1 Å². The molecule has 3 rings (SSSR count). The van der Waals surface area contributed by atoms with E-state index in [-0.39, 0.29) is 17.6 Å². The van der Waals surface area contributed by atoms with Crippen LogP contribution in [-0.2, 0) is 6.18 Å². The fourth-order valence-electron chi connectivity index (χ4n) is 3.46. The van der Waals surface area contributed by atoms with Crippen molar-refractivity contribution in [3.63, 3.8) is 0 Å². The molecule has 0 spiro atoms. The lowest BCUT2D eigenvalue weighted by Crippen LogP contribution is -2.51. The summed E-state index contributed by atoms with van der Waals surface area (Å²) in [6, 6.07) is 3.80. The quantitative estimate of drug-likeness (QED) is 0.910. The molecule has 1 N–H and O–H groups in total. The summed E-state index contributed by atoms with van der Waals surface area (Å²) in [5.74, 6) is -0.481. The number of nitrogens with zero attached hydrogens (tertiary/aromatic N) is 1. The van der Waals surface area contributed by atoms with Gasteiger partial charge in [0, 0.05) is 19.1 Å². The van der Waals surface area contributed by atoms with Crippen molar-refractivity contribution in [2.45, 2.75) is 38.0 Å². The molecule has 0 saturated carbocycles. The Kier molecular flexibility index (Phi) is 3.43. The lowest BCUT2D eigenvalue weighted by atomic mass is 9.92. The Hall–Kier alpha value is -1.56. The number of hydrogen-bond acceptors (Lipinski definition) is 2. The zero-order valence-electron chi connectivity index (χ0n) is 11.7. The van der Waals surface area contributed by atoms with Crippen molar-refractivity contribution >= 4 is 5.91 Å². The number of nitrogens with one attached hydrogen (secondary N) is 1. The van der Waals surface area contributed by atoms with Crippen LogP contribution in [0.3, 0.4) is 0 Å². The van der Waals surface area contributed by atoms with Gasteiger partial charge in [-0.15, -0.1) is 0 Å². The van der Waals surface area contributed by atoms with Crippen LogP contribution in [0.1, 0.15) is 47.3 Å². The van der Waals surface area contributed by atoms with E-state index in [9.17, 15) is 18.0 Å². The van der Waals surface area contributed by atoms with Crippen LogP contribution in [0.5, 0.6) is 0 Å². The van der Waals surface area contributed by atoms with Gasteiger partial charge < -0.3 is 10.2 Å². The maximum Gasteiger partial charge on any atom is 0.417 e. The van der Waals surface area contributed by atoms with Crippen molar-refractivity contribution in [3.8, 4) is 0 Å². The maximum absolute atomic E-state index is 13.2. The Balaban J connectivity index is 2.11. The highest BCUT2D eigenvalue weighted by molar-refractivity contribution is 6.01. The van der Waals surface area contributed by atoms with Crippen molar-refractivity contribution in [3.05, 3.63) is 34.9 Å². The third-order valence-electron chi connectivity index (χ3n) is 4.27. The van der Waals surface area contributed by atoms with Crippen LogP contribution in [0.2, 0.25) is 0 Å². The molecule has 2 heterocycles. The first kappa shape index (κ1) is 14.4. The molecular formula is C15H17F3N2O. The third kappa shape index (κ3) is 2.21. The number of fused-ring (bicyclic) bond motifs is 3. The summed E-state index contributed by atoms with van der Waals surface area (Å²) in [5, 5.41) is 3.34. The molecule has 1 saturated heterocycles. The largest absolute Gasteiger partial charge is 0.417 e. The molecule has 2 atom stereocenters. The molecule has 0 radical (unpaired) electrons. The molecule has 114 valence electrons. The van der Waals surface area contributed by atoms with Gasteiger partial charge in [0.25, 0.3) is 5.91 Å². The number of piperazine rings is 1. The van der Waals surface area contributed by atoms with Gasteiger partial charge in [-0.25, -0.2) is 0 Å². The number of hydrogen-bond donors (Lipinski definition) is 1. The minimum Gasteiger partial charge on any atom is -0.329 e. The first-order valence-electron chi connectivity index (χ1n) is 7.19. The van der Waals surface area contributed by atoms with Crippen LogP contribution in [0.4, 0.5) is 13.2 Å². The number of halogens is 3. The van der Waals surface area contributed by atoms with Crippen LogP contribution < -0.4 is 5.32 Å². The van der Waals surface area contributed by atoms with Crippen LogP contribution >= 0.6 is 0 Å². The van der Waals surface area contributed by atoms with E-state index in [2.05, 4.69) is 5.32 Å². The average molecular weight is 298 g/mol. The van der Waals surface area contributed by atoms with Crippen molar-refractivity contribution in [1.29, 1.82) is 0 Å². The first-order valence-corrected chi connectivity index (χ1v) is 7.19. The van der Waals surface area contributed by atoms with E-state index >= 15 is 0 Å². The summed E-state index contributed by atoms with van der Waals surface area (Å²) < 4.78 is 39.5. The maximum atomic E-state index is 13.2. The zero-order valence-corrected chi connectivity index (χ0v) is 11.7. The predicted molar refractivity (Wildman–Crippen MR) is 71.9 cm³/mol. The van der Waals surface area contributed by atoms with Gasteiger partial charge in [-0.1, -0.05) is 25.5 Å². The molecule has 2 aliphatic rings. The highest BCUT2D eigenvalue weighted by Gasteiger charge is 2.47. The second-order valence-electron chi connectivity index (χ2n) is 5.56. The van der Waals surface area contributed by atoms with Gasteiger partial charge in [0.2, 0.25) is 0 Å². The molecule has 1 aromatic carbocycles. The number of benzene rings is 1. The summed E-state index contributed by atoms with van der Waals surface area (Å²) in [7, 11) is 0. The number of rotatable bonds is 2. The lowest BCUT2D eigenvalue weighted by molar-refractivity contribution is -0.137. The average Bonchev–Trinajstić information content (AvgIpc) is 2.73. The van der Waals surface area contributed by atoms with Gasteiger partial charge in [-0.2, -0.15) is 13.2 Å². The lowest BCUT2D eigenvalue weighted by Gasteiger charge is -2.38. The molecule has 1 amide bonds. The van der Waals surface area contributed by atoms with E-state index in [1.54, 1.807) is 11.0 Å². The van der Waals surface area contributed by atoms with Crippen molar-refractivity contribution in [2.75, 3.05) is 13.1 Å². The molecule has 0 aliphatic carbocycles. The summed E-state index contributed by atoms with van der Waals surface area (Å²) in [6.07, 6.45) is -2.74. The smallest absolute Gasteiger partial charge is 0.329 e. The second-order valence-corrected chi connectivity index (χ2v) is 5.56. The Bertz CT molecular complexity index is 569. The number of carbonyl (C=O) groups is 1. The van der Waals surface area contributed by atoms with Crippen molar-refractivity contribution < 1.29 is 18.0 Å². The van der Waals surface area contributed by atoms with E-state index in [0.717, 1.165) is 18.9 Å². The minimum absolute atomic E-state index is 0.0254. The minimum atomic E-state index is -4.50. The monoisotopic (exact) mass is 298 g/mol. The van der Waals surface area contributed by atoms with E-state index in [1.165, 1.54) is 6.07 Å². The van der Waals surface area contributed by atoms with E-state index in [4.69, 9.17) is 0 Å². The summed E-state index contributed by atoms with van der Waals surface area (Å²) in [6.45, 7) is 3.11. The van der Waals surface area contributed by atoms with Gasteiger partial charge in [0.15, 0.2) is 0 Å². The van der Waals surface area contributed by atoms with Crippen LogP contribution in [0.15, 0.2) is 18.2 Å². The Morgan fingerprint density at radius 1 is 1.38 bits per heavy atom. The normalized spacial score (nSPS) is 25.0. The number of alkyl halides is 3. The van der Waals surface area contributed by atoms with Crippen LogP contribution in [0, 0.1) is 0 Å². The van der Waals surface area contributed by atoms with Gasteiger partial charge in [0.05, 0.1) is 17.2 Å². The Morgan fingerprint density at radius 2 is 2.14 bits per heavy atom. The molecule has 1 aromatic rings. The molecule has 0 unspecified atom stereocenters. The molecular weight excluding hydrogens is 281 g/mol. The fourth-order valence-corrected chi connectivity index (χ4v) is 3.46. The predicted octanol–water partition coefficient (Wildman–Crippen LogP) is 2.97. The number of amides is 1. The first-order chi connectivity index (χ1) is 9.95. The van der Waals surface area contributed by atoms with Crippen LogP contribution in [-0.4, -0.2) is 29.9 Å². The molecule has 21 heavy (non-hydrogen) atoms. The molecule has 3 nitrogen and oxygen atoms in total. The molecule has 2 aliphatic heterocycles. The fraction of sp³-hybridized carbons (Fsp3) is 0.533. The Labute approximate surface area is 121 Å². The highest BCUT2D eigenvalue weighted by atomic mass is 19.4. The molecule has 0 bridgehead atoms. The topological polar surface area (TPSA) is 32.3 Å². The molecule has 1 fully saturated rings.